The topological polar surface area (TPSA) is 52.6 Å². The third-order valence-electron chi connectivity index (χ3n) is 6.19. The van der Waals surface area contributed by atoms with Crippen molar-refractivity contribution < 1.29 is 14.3 Å². The molecule has 0 spiro atoms. The minimum atomic E-state index is -0.655. The van der Waals surface area contributed by atoms with Crippen LogP contribution in [-0.4, -0.2) is 48.2 Å². The van der Waals surface area contributed by atoms with Gasteiger partial charge in [-0.3, -0.25) is 4.79 Å². The summed E-state index contributed by atoms with van der Waals surface area (Å²) < 4.78 is 14.2. The largest absolute Gasteiger partial charge is 0.396 e. The first kappa shape index (κ1) is 17.0. The van der Waals surface area contributed by atoms with E-state index >= 15 is 0 Å². The molecule has 1 heterocycles. The van der Waals surface area contributed by atoms with E-state index in [0.29, 0.717) is 17.4 Å². The summed E-state index contributed by atoms with van der Waals surface area (Å²) in [5.41, 5.74) is -0.108. The number of hydrogen-bond donors (Lipinski definition) is 2. The van der Waals surface area contributed by atoms with Crippen molar-refractivity contribution in [3.05, 3.63) is 35.6 Å². The van der Waals surface area contributed by atoms with Crippen LogP contribution in [0.5, 0.6) is 0 Å². The molecule has 2 N–H and O–H groups in total. The molecule has 3 aliphatic rings. The van der Waals surface area contributed by atoms with Crippen LogP contribution in [0.15, 0.2) is 24.3 Å². The van der Waals surface area contributed by atoms with Crippen molar-refractivity contribution in [3.8, 4) is 0 Å². The summed E-state index contributed by atoms with van der Waals surface area (Å²) in [6.07, 6.45) is 4.74. The van der Waals surface area contributed by atoms with Crippen molar-refractivity contribution >= 4 is 5.91 Å². The maximum absolute atomic E-state index is 14.2. The van der Waals surface area contributed by atoms with Gasteiger partial charge >= 0.3 is 0 Å². The third kappa shape index (κ3) is 3.32. The van der Waals surface area contributed by atoms with Gasteiger partial charge in [-0.15, -0.1) is 0 Å². The third-order valence-corrected chi connectivity index (χ3v) is 6.19. The molecule has 4 nitrogen and oxygen atoms in total. The number of nitrogens with zero attached hydrogens (tertiary/aromatic N) is 1. The van der Waals surface area contributed by atoms with E-state index in [-0.39, 0.29) is 24.4 Å². The fourth-order valence-electron chi connectivity index (χ4n) is 4.44. The van der Waals surface area contributed by atoms with Gasteiger partial charge < -0.3 is 15.3 Å². The van der Waals surface area contributed by atoms with Crippen LogP contribution < -0.4 is 5.32 Å². The molecule has 2 aliphatic carbocycles. The van der Waals surface area contributed by atoms with Gasteiger partial charge in [-0.1, -0.05) is 18.2 Å². The molecule has 2 atom stereocenters. The molecule has 1 saturated heterocycles. The highest BCUT2D eigenvalue weighted by molar-refractivity contribution is 5.91. The van der Waals surface area contributed by atoms with Crippen molar-refractivity contribution in [2.45, 2.75) is 43.6 Å². The lowest BCUT2D eigenvalue weighted by Crippen LogP contribution is -2.46. The van der Waals surface area contributed by atoms with Crippen molar-refractivity contribution in [1.29, 1.82) is 0 Å². The van der Waals surface area contributed by atoms with Gasteiger partial charge in [-0.2, -0.15) is 0 Å². The highest BCUT2D eigenvalue weighted by Gasteiger charge is 2.54. The number of nitrogens with one attached hydrogen (secondary N) is 1. The first-order chi connectivity index (χ1) is 12.1. The molecule has 0 aromatic heterocycles. The Morgan fingerprint density at radius 1 is 1.28 bits per heavy atom. The van der Waals surface area contributed by atoms with Crippen LogP contribution in [0.25, 0.3) is 0 Å². The number of hydrogen-bond acceptors (Lipinski definition) is 3. The predicted octanol–water partition coefficient (Wildman–Crippen LogP) is 2.07. The van der Waals surface area contributed by atoms with Gasteiger partial charge in [-0.05, 0) is 50.0 Å². The fourth-order valence-corrected chi connectivity index (χ4v) is 4.44. The minimum Gasteiger partial charge on any atom is -0.396 e. The Labute approximate surface area is 148 Å². The van der Waals surface area contributed by atoms with Crippen molar-refractivity contribution in [2.75, 3.05) is 26.2 Å². The average molecular weight is 346 g/mol. The molecule has 4 rings (SSSR count). The Hall–Kier alpha value is -1.46. The quantitative estimate of drug-likeness (QED) is 0.795. The number of rotatable bonds is 7. The summed E-state index contributed by atoms with van der Waals surface area (Å²) >= 11 is 0. The maximum atomic E-state index is 14.2. The van der Waals surface area contributed by atoms with E-state index in [1.807, 2.05) is 6.07 Å². The second-order valence-electron chi connectivity index (χ2n) is 7.98. The van der Waals surface area contributed by atoms with Gasteiger partial charge in [0.25, 0.3) is 0 Å². The number of aliphatic hydroxyl groups excluding tert-OH is 1. The standard InChI is InChI=1S/C20H27FN2O2/c21-17-5-2-1-4-16(17)20(8-9-20)19(25)22-18-13-23(10-3-11-24)12-15(18)14-6-7-14/h1-2,4-5,14-15,18,24H,3,6-13H2,(H,22,25)/t15-,18+/m1/s1. The summed E-state index contributed by atoms with van der Waals surface area (Å²) in [7, 11) is 0. The van der Waals surface area contributed by atoms with E-state index in [1.165, 1.54) is 18.9 Å². The van der Waals surface area contributed by atoms with E-state index in [4.69, 9.17) is 5.11 Å². The zero-order valence-corrected chi connectivity index (χ0v) is 14.6. The van der Waals surface area contributed by atoms with Crippen LogP contribution in [0.2, 0.25) is 0 Å². The molecular formula is C20H27FN2O2. The molecule has 3 fully saturated rings. The number of halogens is 1. The average Bonchev–Trinajstić information content (AvgIpc) is 3.52. The van der Waals surface area contributed by atoms with E-state index in [2.05, 4.69) is 10.2 Å². The lowest BCUT2D eigenvalue weighted by molar-refractivity contribution is -0.124. The predicted molar refractivity (Wildman–Crippen MR) is 93.6 cm³/mol. The second-order valence-corrected chi connectivity index (χ2v) is 7.98. The molecule has 2 saturated carbocycles. The Balaban J connectivity index is 1.45. The van der Waals surface area contributed by atoms with Gasteiger partial charge in [0.05, 0.1) is 5.41 Å². The van der Waals surface area contributed by atoms with Crippen molar-refractivity contribution in [1.82, 2.24) is 10.2 Å². The number of carbonyl (C=O) groups is 1. The summed E-state index contributed by atoms with van der Waals surface area (Å²) in [6.45, 7) is 2.94. The van der Waals surface area contributed by atoms with Crippen molar-refractivity contribution in [3.63, 3.8) is 0 Å². The number of benzene rings is 1. The van der Waals surface area contributed by atoms with E-state index in [9.17, 15) is 9.18 Å². The maximum Gasteiger partial charge on any atom is 0.231 e. The first-order valence-corrected chi connectivity index (χ1v) is 9.53. The summed E-state index contributed by atoms with van der Waals surface area (Å²) in [6, 6.07) is 6.84. The van der Waals surface area contributed by atoms with Gasteiger partial charge in [-0.25, -0.2) is 4.39 Å². The molecule has 1 aromatic rings. The lowest BCUT2D eigenvalue weighted by Gasteiger charge is -2.24. The Morgan fingerprint density at radius 2 is 2.04 bits per heavy atom. The number of amides is 1. The van der Waals surface area contributed by atoms with Gasteiger partial charge in [0, 0.05) is 37.8 Å². The number of likely N-dealkylation sites (tertiary alicyclic amines) is 1. The monoisotopic (exact) mass is 346 g/mol. The Bertz CT molecular complexity index is 642. The first-order valence-electron chi connectivity index (χ1n) is 9.53. The molecule has 0 bridgehead atoms. The van der Waals surface area contributed by atoms with Crippen LogP contribution in [-0.2, 0) is 10.2 Å². The molecular weight excluding hydrogens is 319 g/mol. The number of aliphatic hydroxyl groups is 1. The normalized spacial score (nSPS) is 28.1. The van der Waals surface area contributed by atoms with Gasteiger partial charge in [0.2, 0.25) is 5.91 Å². The fraction of sp³-hybridized carbons (Fsp3) is 0.650. The molecule has 5 heteroatoms. The van der Waals surface area contributed by atoms with E-state index < -0.39 is 5.41 Å². The Kier molecular flexibility index (Phi) is 4.54. The van der Waals surface area contributed by atoms with Crippen molar-refractivity contribution in [2.24, 2.45) is 11.8 Å². The van der Waals surface area contributed by atoms with Gasteiger partial charge in [0.15, 0.2) is 0 Å². The summed E-state index contributed by atoms with van der Waals surface area (Å²) in [5, 5.41) is 12.3. The molecule has 25 heavy (non-hydrogen) atoms. The zero-order chi connectivity index (χ0) is 17.4. The molecule has 0 unspecified atom stereocenters. The van der Waals surface area contributed by atoms with Crippen LogP contribution in [0, 0.1) is 17.7 Å². The summed E-state index contributed by atoms with van der Waals surface area (Å²) in [5.74, 6) is 0.939. The van der Waals surface area contributed by atoms with Crippen LogP contribution in [0.3, 0.4) is 0 Å². The zero-order valence-electron chi connectivity index (χ0n) is 14.6. The molecule has 136 valence electrons. The highest BCUT2D eigenvalue weighted by atomic mass is 19.1. The van der Waals surface area contributed by atoms with Crippen LogP contribution >= 0.6 is 0 Å². The Morgan fingerprint density at radius 3 is 2.68 bits per heavy atom. The molecule has 1 aliphatic heterocycles. The smallest absolute Gasteiger partial charge is 0.231 e. The molecule has 0 radical (unpaired) electrons. The second kappa shape index (κ2) is 6.69. The minimum absolute atomic E-state index is 0.00254. The van der Waals surface area contributed by atoms with E-state index in [1.54, 1.807) is 12.1 Å². The summed E-state index contributed by atoms with van der Waals surface area (Å²) in [4.78, 5) is 15.4. The van der Waals surface area contributed by atoms with Crippen LogP contribution in [0.4, 0.5) is 4.39 Å². The molecule has 1 amide bonds. The molecule has 1 aromatic carbocycles. The SMILES string of the molecule is O=C(N[C@H]1CN(CCCO)C[C@@H]1C1CC1)C1(c2ccccc2F)CC1. The lowest BCUT2D eigenvalue weighted by atomic mass is 9.92. The van der Waals surface area contributed by atoms with E-state index in [0.717, 1.165) is 38.9 Å². The van der Waals surface area contributed by atoms with Crippen LogP contribution in [0.1, 0.15) is 37.7 Å². The highest BCUT2D eigenvalue weighted by Crippen LogP contribution is 2.50. The number of carbonyl (C=O) groups excluding carboxylic acids is 1. The van der Waals surface area contributed by atoms with Gasteiger partial charge in [0.1, 0.15) is 5.82 Å².